The van der Waals surface area contributed by atoms with E-state index in [-0.39, 0.29) is 6.10 Å². The zero-order chi connectivity index (χ0) is 14.5. The molecule has 0 aliphatic rings. The van der Waals surface area contributed by atoms with Gasteiger partial charge in [-0.25, -0.2) is 0 Å². The van der Waals surface area contributed by atoms with Gasteiger partial charge in [0.25, 0.3) is 0 Å². The molecule has 0 heterocycles. The van der Waals surface area contributed by atoms with E-state index in [0.29, 0.717) is 11.6 Å². The second-order valence-corrected chi connectivity index (χ2v) is 5.97. The summed E-state index contributed by atoms with van der Waals surface area (Å²) in [4.78, 5) is 0. The molecule has 1 N–H and O–H groups in total. The first-order chi connectivity index (χ1) is 9.56. The van der Waals surface area contributed by atoms with Crippen LogP contribution in [0.4, 0.5) is 5.69 Å². The normalized spacial score (nSPS) is 10.7. The summed E-state index contributed by atoms with van der Waals surface area (Å²) in [6.07, 6.45) is 0.181. The Morgan fingerprint density at radius 3 is 2.70 bits per heavy atom. The van der Waals surface area contributed by atoms with Crippen molar-refractivity contribution in [1.29, 1.82) is 0 Å². The van der Waals surface area contributed by atoms with Crippen LogP contribution in [0.15, 0.2) is 46.9 Å². The van der Waals surface area contributed by atoms with Crippen LogP contribution in [0.25, 0.3) is 0 Å². The maximum absolute atomic E-state index is 6.07. The van der Waals surface area contributed by atoms with Crippen molar-refractivity contribution in [2.45, 2.75) is 26.5 Å². The molecule has 2 aromatic rings. The van der Waals surface area contributed by atoms with Crippen molar-refractivity contribution in [3.63, 3.8) is 0 Å². The number of ether oxygens (including phenoxy) is 1. The van der Waals surface area contributed by atoms with Gasteiger partial charge in [-0.2, -0.15) is 0 Å². The van der Waals surface area contributed by atoms with Crippen molar-refractivity contribution >= 4 is 33.2 Å². The van der Waals surface area contributed by atoms with Crippen LogP contribution >= 0.6 is 27.5 Å². The molecule has 0 saturated carbocycles. The van der Waals surface area contributed by atoms with E-state index in [9.17, 15) is 0 Å². The van der Waals surface area contributed by atoms with Crippen molar-refractivity contribution in [2.75, 3.05) is 5.32 Å². The lowest BCUT2D eigenvalue weighted by Crippen LogP contribution is -2.06. The van der Waals surface area contributed by atoms with Crippen molar-refractivity contribution < 1.29 is 4.74 Å². The predicted molar refractivity (Wildman–Crippen MR) is 88.7 cm³/mol. The largest absolute Gasteiger partial charge is 0.491 e. The molecule has 0 aliphatic heterocycles. The van der Waals surface area contributed by atoms with Crippen molar-refractivity contribution in [3.8, 4) is 5.75 Å². The van der Waals surface area contributed by atoms with E-state index < -0.39 is 0 Å². The highest BCUT2D eigenvalue weighted by Crippen LogP contribution is 2.30. The van der Waals surface area contributed by atoms with E-state index in [0.717, 1.165) is 21.5 Å². The van der Waals surface area contributed by atoms with Gasteiger partial charge in [0.05, 0.1) is 21.3 Å². The number of hydrogen-bond donors (Lipinski definition) is 1. The molecule has 2 nitrogen and oxygen atoms in total. The average molecular weight is 355 g/mol. The summed E-state index contributed by atoms with van der Waals surface area (Å²) >= 11 is 9.55. The molecule has 0 radical (unpaired) electrons. The second kappa shape index (κ2) is 7.00. The van der Waals surface area contributed by atoms with Crippen LogP contribution in [0.2, 0.25) is 5.02 Å². The Hall–Kier alpha value is -1.19. The summed E-state index contributed by atoms with van der Waals surface area (Å²) in [6.45, 7) is 4.76. The molecule has 4 heteroatoms. The Morgan fingerprint density at radius 1 is 1.20 bits per heavy atom. The average Bonchev–Trinajstić information content (AvgIpc) is 2.40. The quantitative estimate of drug-likeness (QED) is 0.765. The zero-order valence-corrected chi connectivity index (χ0v) is 13.8. The first-order valence-corrected chi connectivity index (χ1v) is 7.67. The molecule has 0 atom stereocenters. The van der Waals surface area contributed by atoms with Gasteiger partial charge in [0.15, 0.2) is 0 Å². The van der Waals surface area contributed by atoms with Crippen LogP contribution in [0.3, 0.4) is 0 Å². The minimum absolute atomic E-state index is 0.181. The molecule has 2 aromatic carbocycles. The first kappa shape index (κ1) is 15.2. The van der Waals surface area contributed by atoms with E-state index in [1.54, 1.807) is 0 Å². The molecule has 0 saturated heterocycles. The monoisotopic (exact) mass is 353 g/mol. The number of halogens is 2. The molecule has 0 bridgehead atoms. The van der Waals surface area contributed by atoms with Crippen molar-refractivity contribution in [3.05, 3.63) is 57.5 Å². The van der Waals surface area contributed by atoms with E-state index in [4.69, 9.17) is 16.3 Å². The molecule has 0 aromatic heterocycles. The van der Waals surface area contributed by atoms with Crippen molar-refractivity contribution in [1.82, 2.24) is 0 Å². The van der Waals surface area contributed by atoms with E-state index >= 15 is 0 Å². The third kappa shape index (κ3) is 4.15. The van der Waals surface area contributed by atoms with Gasteiger partial charge < -0.3 is 10.1 Å². The van der Waals surface area contributed by atoms with Crippen LogP contribution < -0.4 is 10.1 Å². The molecule has 20 heavy (non-hydrogen) atoms. The molecule has 0 unspecified atom stereocenters. The SMILES string of the molecule is CC(C)Oc1cccc(CNc2cccc(Cl)c2Br)c1. The fourth-order valence-corrected chi connectivity index (χ4v) is 2.42. The second-order valence-electron chi connectivity index (χ2n) is 4.77. The molecule has 0 amide bonds. The molecular weight excluding hydrogens is 338 g/mol. The Morgan fingerprint density at radius 2 is 1.95 bits per heavy atom. The van der Waals surface area contributed by atoms with E-state index in [1.165, 1.54) is 0 Å². The highest BCUT2D eigenvalue weighted by molar-refractivity contribution is 9.10. The lowest BCUT2D eigenvalue weighted by atomic mass is 10.2. The topological polar surface area (TPSA) is 21.3 Å². The van der Waals surface area contributed by atoms with E-state index in [1.807, 2.05) is 50.2 Å². The van der Waals surface area contributed by atoms with Crippen LogP contribution in [-0.2, 0) is 6.54 Å². The Bertz CT molecular complexity index is 586. The summed E-state index contributed by atoms with van der Waals surface area (Å²) < 4.78 is 6.58. The zero-order valence-electron chi connectivity index (χ0n) is 11.5. The van der Waals surface area contributed by atoms with Gasteiger partial charge in [0, 0.05) is 6.54 Å². The highest BCUT2D eigenvalue weighted by Gasteiger charge is 2.04. The van der Waals surface area contributed by atoms with Gasteiger partial charge >= 0.3 is 0 Å². The minimum atomic E-state index is 0.181. The first-order valence-electron chi connectivity index (χ1n) is 6.49. The maximum atomic E-state index is 6.07. The standard InChI is InChI=1S/C16H17BrClNO/c1-11(2)20-13-6-3-5-12(9-13)10-19-15-8-4-7-14(18)16(15)17/h3-9,11,19H,10H2,1-2H3. The number of rotatable bonds is 5. The molecule has 106 valence electrons. The van der Waals surface area contributed by atoms with Crippen molar-refractivity contribution in [2.24, 2.45) is 0 Å². The van der Waals surface area contributed by atoms with Gasteiger partial charge in [-0.05, 0) is 59.6 Å². The summed E-state index contributed by atoms with van der Waals surface area (Å²) in [5, 5.41) is 4.06. The van der Waals surface area contributed by atoms with E-state index in [2.05, 4.69) is 27.3 Å². The van der Waals surface area contributed by atoms with Gasteiger partial charge in [-0.3, -0.25) is 0 Å². The third-order valence-corrected chi connectivity index (χ3v) is 4.10. The summed E-state index contributed by atoms with van der Waals surface area (Å²) in [6, 6.07) is 13.9. The lowest BCUT2D eigenvalue weighted by Gasteiger charge is -2.12. The third-order valence-electron chi connectivity index (χ3n) is 2.70. The molecule has 0 aliphatic carbocycles. The van der Waals surface area contributed by atoms with Gasteiger partial charge in [-0.1, -0.05) is 29.8 Å². The number of anilines is 1. The molecule has 2 rings (SSSR count). The van der Waals surface area contributed by atoms with Gasteiger partial charge in [0.2, 0.25) is 0 Å². The smallest absolute Gasteiger partial charge is 0.120 e. The minimum Gasteiger partial charge on any atom is -0.491 e. The molecule has 0 spiro atoms. The fraction of sp³-hybridized carbons (Fsp3) is 0.250. The Balaban J connectivity index is 2.05. The highest BCUT2D eigenvalue weighted by atomic mass is 79.9. The Labute approximate surface area is 133 Å². The maximum Gasteiger partial charge on any atom is 0.120 e. The van der Waals surface area contributed by atoms with Gasteiger partial charge in [0.1, 0.15) is 5.75 Å². The summed E-state index contributed by atoms with van der Waals surface area (Å²) in [7, 11) is 0. The predicted octanol–water partition coefficient (Wildman–Crippen LogP) is 5.50. The van der Waals surface area contributed by atoms with Crippen LogP contribution in [0, 0.1) is 0 Å². The molecular formula is C16H17BrClNO. The summed E-state index contributed by atoms with van der Waals surface area (Å²) in [5.41, 5.74) is 2.14. The number of hydrogen-bond acceptors (Lipinski definition) is 2. The van der Waals surface area contributed by atoms with Crippen LogP contribution in [0.1, 0.15) is 19.4 Å². The number of benzene rings is 2. The van der Waals surface area contributed by atoms with Crippen LogP contribution in [0.5, 0.6) is 5.75 Å². The molecule has 0 fully saturated rings. The number of nitrogens with one attached hydrogen (secondary N) is 1. The Kier molecular flexibility index (Phi) is 5.32. The van der Waals surface area contributed by atoms with Gasteiger partial charge in [-0.15, -0.1) is 0 Å². The lowest BCUT2D eigenvalue weighted by molar-refractivity contribution is 0.242. The van der Waals surface area contributed by atoms with Crippen LogP contribution in [-0.4, -0.2) is 6.10 Å². The fourth-order valence-electron chi connectivity index (χ4n) is 1.84. The summed E-state index contributed by atoms with van der Waals surface area (Å²) in [5.74, 6) is 0.893.